The number of methoxy groups -OCH3 is 1. The molecule has 0 aliphatic carbocycles. The summed E-state index contributed by atoms with van der Waals surface area (Å²) in [6, 6.07) is 15.5. The van der Waals surface area contributed by atoms with Gasteiger partial charge in [-0.1, -0.05) is 24.3 Å². The van der Waals surface area contributed by atoms with Crippen molar-refractivity contribution in [2.45, 2.75) is 19.5 Å². The zero-order chi connectivity index (χ0) is 22.8. The molecule has 1 unspecified atom stereocenters. The van der Waals surface area contributed by atoms with Crippen LogP contribution in [0.15, 0.2) is 72.4 Å². The lowest BCUT2D eigenvalue weighted by Gasteiger charge is -2.25. The first-order valence-corrected chi connectivity index (χ1v) is 10.00. The second kappa shape index (κ2) is 8.63. The highest BCUT2D eigenvalue weighted by Crippen LogP contribution is 2.40. The van der Waals surface area contributed by atoms with Crippen LogP contribution in [0.25, 0.3) is 5.76 Å². The van der Waals surface area contributed by atoms with Gasteiger partial charge in [-0.15, -0.1) is 0 Å². The molecule has 2 aromatic carbocycles. The number of nitrogens with zero attached hydrogens (tertiary/aromatic N) is 2. The van der Waals surface area contributed by atoms with Crippen LogP contribution in [-0.2, 0) is 16.1 Å². The zero-order valence-electron chi connectivity index (χ0n) is 17.6. The van der Waals surface area contributed by atoms with Gasteiger partial charge in [-0.05, 0) is 48.9 Å². The molecule has 3 aromatic rings. The van der Waals surface area contributed by atoms with Crippen molar-refractivity contribution in [1.82, 2.24) is 9.88 Å². The van der Waals surface area contributed by atoms with Crippen LogP contribution >= 0.6 is 0 Å². The minimum atomic E-state index is -0.911. The maximum absolute atomic E-state index is 13.7. The number of aliphatic hydroxyl groups excluding tert-OH is 1. The number of aromatic nitrogens is 1. The minimum absolute atomic E-state index is 0.0784. The molecule has 1 atom stereocenters. The second-order valence-corrected chi connectivity index (χ2v) is 7.46. The van der Waals surface area contributed by atoms with Crippen molar-refractivity contribution >= 4 is 17.4 Å². The number of likely N-dealkylation sites (tertiary alicyclic amines) is 1. The van der Waals surface area contributed by atoms with E-state index in [-0.39, 0.29) is 23.4 Å². The smallest absolute Gasteiger partial charge is 0.296 e. The Morgan fingerprint density at radius 2 is 1.88 bits per heavy atom. The fourth-order valence-corrected chi connectivity index (χ4v) is 3.85. The van der Waals surface area contributed by atoms with E-state index in [1.807, 2.05) is 12.1 Å². The summed E-state index contributed by atoms with van der Waals surface area (Å²) in [7, 11) is 1.53. The van der Waals surface area contributed by atoms with E-state index in [0.29, 0.717) is 22.6 Å². The summed E-state index contributed by atoms with van der Waals surface area (Å²) in [5.41, 5.74) is 1.61. The van der Waals surface area contributed by atoms with E-state index in [9.17, 15) is 19.1 Å². The molecule has 1 amide bonds. The van der Waals surface area contributed by atoms with E-state index in [0.717, 1.165) is 0 Å². The van der Waals surface area contributed by atoms with Gasteiger partial charge in [0, 0.05) is 17.3 Å². The number of rotatable bonds is 5. The molecule has 2 heterocycles. The first-order valence-electron chi connectivity index (χ1n) is 10.00. The molecule has 7 heteroatoms. The maximum Gasteiger partial charge on any atom is 0.296 e. The van der Waals surface area contributed by atoms with Crippen LogP contribution in [0.4, 0.5) is 4.39 Å². The summed E-state index contributed by atoms with van der Waals surface area (Å²) in [5, 5.41) is 11.0. The fraction of sp³-hybridized carbons (Fsp3) is 0.160. The number of para-hydroxylation sites is 1. The van der Waals surface area contributed by atoms with Gasteiger partial charge in [0.1, 0.15) is 23.4 Å². The lowest BCUT2D eigenvalue weighted by atomic mass is 9.97. The number of carbonyl (C=O) groups excluding carboxylic acids is 2. The molecule has 0 radical (unpaired) electrons. The van der Waals surface area contributed by atoms with Crippen LogP contribution in [0.1, 0.15) is 28.4 Å². The molecule has 1 saturated heterocycles. The van der Waals surface area contributed by atoms with Crippen molar-refractivity contribution in [2.75, 3.05) is 7.11 Å². The highest BCUT2D eigenvalue weighted by molar-refractivity contribution is 6.46. The highest BCUT2D eigenvalue weighted by Gasteiger charge is 2.47. The van der Waals surface area contributed by atoms with Gasteiger partial charge in [0.05, 0.1) is 24.9 Å². The molecule has 0 saturated carbocycles. The summed E-state index contributed by atoms with van der Waals surface area (Å²) in [4.78, 5) is 31.8. The number of hydrogen-bond donors (Lipinski definition) is 1. The number of halogens is 1. The molecule has 1 aliphatic heterocycles. The molecule has 4 rings (SSSR count). The van der Waals surface area contributed by atoms with Crippen molar-refractivity contribution < 1.29 is 23.8 Å². The molecular weight excluding hydrogens is 411 g/mol. The van der Waals surface area contributed by atoms with E-state index in [1.165, 1.54) is 30.2 Å². The Labute approximate surface area is 184 Å². The normalized spacial score (nSPS) is 17.6. The molecule has 1 fully saturated rings. The summed E-state index contributed by atoms with van der Waals surface area (Å²) in [6.45, 7) is 1.64. The number of benzene rings is 2. The SMILES string of the molecule is COc1ccccc1CN1C(=O)C(=O)/C(=C(\O)c2ccc(F)c(C)c2)C1c1ccccn1. The Morgan fingerprint density at radius 1 is 1.12 bits per heavy atom. The number of carbonyl (C=O) groups is 2. The van der Waals surface area contributed by atoms with Crippen LogP contribution in [0.5, 0.6) is 5.75 Å². The van der Waals surface area contributed by atoms with E-state index in [2.05, 4.69) is 4.98 Å². The summed E-state index contributed by atoms with van der Waals surface area (Å²) >= 11 is 0. The summed E-state index contributed by atoms with van der Waals surface area (Å²) in [6.07, 6.45) is 1.56. The fourth-order valence-electron chi connectivity index (χ4n) is 3.85. The molecule has 0 bridgehead atoms. The van der Waals surface area contributed by atoms with Gasteiger partial charge < -0.3 is 14.7 Å². The molecule has 6 nitrogen and oxygen atoms in total. The average molecular weight is 432 g/mol. The van der Waals surface area contributed by atoms with Crippen molar-refractivity contribution in [2.24, 2.45) is 0 Å². The molecule has 1 aromatic heterocycles. The Hall–Kier alpha value is -4.00. The Balaban J connectivity index is 1.87. The lowest BCUT2D eigenvalue weighted by molar-refractivity contribution is -0.140. The number of ketones is 1. The van der Waals surface area contributed by atoms with E-state index >= 15 is 0 Å². The Bertz CT molecular complexity index is 1220. The molecule has 162 valence electrons. The topological polar surface area (TPSA) is 79.7 Å². The van der Waals surface area contributed by atoms with E-state index < -0.39 is 23.5 Å². The Morgan fingerprint density at radius 3 is 2.56 bits per heavy atom. The van der Waals surface area contributed by atoms with Crippen LogP contribution < -0.4 is 4.74 Å². The third-order valence-corrected chi connectivity index (χ3v) is 5.47. The van der Waals surface area contributed by atoms with Gasteiger partial charge in [-0.3, -0.25) is 14.6 Å². The van der Waals surface area contributed by atoms with Crippen LogP contribution in [0, 0.1) is 12.7 Å². The molecular formula is C25H21FN2O4. The van der Waals surface area contributed by atoms with Crippen molar-refractivity contribution in [3.05, 3.63) is 101 Å². The molecule has 1 N–H and O–H groups in total. The lowest BCUT2D eigenvalue weighted by Crippen LogP contribution is -2.29. The minimum Gasteiger partial charge on any atom is -0.507 e. The quantitative estimate of drug-likeness (QED) is 0.372. The predicted molar refractivity (Wildman–Crippen MR) is 116 cm³/mol. The van der Waals surface area contributed by atoms with Gasteiger partial charge >= 0.3 is 0 Å². The van der Waals surface area contributed by atoms with Crippen molar-refractivity contribution in [3.8, 4) is 5.75 Å². The number of pyridine rings is 1. The third-order valence-electron chi connectivity index (χ3n) is 5.47. The number of hydrogen-bond acceptors (Lipinski definition) is 5. The average Bonchev–Trinajstić information content (AvgIpc) is 3.06. The number of ether oxygens (including phenoxy) is 1. The largest absolute Gasteiger partial charge is 0.507 e. The van der Waals surface area contributed by atoms with Gasteiger partial charge in [0.15, 0.2) is 0 Å². The van der Waals surface area contributed by atoms with E-state index in [1.54, 1.807) is 43.5 Å². The van der Waals surface area contributed by atoms with Crippen LogP contribution in [0.2, 0.25) is 0 Å². The zero-order valence-corrected chi connectivity index (χ0v) is 17.6. The first-order chi connectivity index (χ1) is 15.4. The standard InChI is InChI=1S/C25H21FN2O4/c1-15-13-16(10-11-18(15)26)23(29)21-22(19-8-5-6-12-27-19)28(25(31)24(21)30)14-17-7-3-4-9-20(17)32-2/h3-13,22,29H,14H2,1-2H3/b23-21-. The number of amides is 1. The van der Waals surface area contributed by atoms with Crippen molar-refractivity contribution in [3.63, 3.8) is 0 Å². The van der Waals surface area contributed by atoms with Crippen molar-refractivity contribution in [1.29, 1.82) is 0 Å². The summed E-state index contributed by atoms with van der Waals surface area (Å²) < 4.78 is 19.1. The van der Waals surface area contributed by atoms with Gasteiger partial charge in [0.2, 0.25) is 0 Å². The van der Waals surface area contributed by atoms with E-state index in [4.69, 9.17) is 4.74 Å². The number of aryl methyl sites for hydroxylation is 1. The second-order valence-electron chi connectivity index (χ2n) is 7.46. The number of aliphatic hydroxyl groups is 1. The predicted octanol–water partition coefficient (Wildman–Crippen LogP) is 4.16. The highest BCUT2D eigenvalue weighted by atomic mass is 19.1. The maximum atomic E-state index is 13.7. The van der Waals surface area contributed by atoms with Crippen LogP contribution in [-0.4, -0.2) is 33.8 Å². The third kappa shape index (κ3) is 3.73. The monoisotopic (exact) mass is 432 g/mol. The first kappa shape index (κ1) is 21.2. The molecule has 1 aliphatic rings. The molecule has 32 heavy (non-hydrogen) atoms. The van der Waals surface area contributed by atoms with Gasteiger partial charge in [-0.25, -0.2) is 4.39 Å². The van der Waals surface area contributed by atoms with Crippen LogP contribution in [0.3, 0.4) is 0 Å². The Kier molecular flexibility index (Phi) is 5.73. The number of Topliss-reactive ketones (excluding diaryl/α,β-unsaturated/α-hetero) is 1. The molecule has 0 spiro atoms. The van der Waals surface area contributed by atoms with Gasteiger partial charge in [0.25, 0.3) is 11.7 Å². The summed E-state index contributed by atoms with van der Waals surface area (Å²) in [5.74, 6) is -1.81. The van der Waals surface area contributed by atoms with Gasteiger partial charge in [-0.2, -0.15) is 0 Å².